The van der Waals surface area contributed by atoms with E-state index >= 15 is 0 Å². The molecule has 0 aromatic rings. The van der Waals surface area contributed by atoms with Crippen molar-refractivity contribution in [3.63, 3.8) is 0 Å². The first-order chi connectivity index (χ1) is 12.0. The number of hydrogen-bond donors (Lipinski definition) is 0. The Labute approximate surface area is 155 Å². The van der Waals surface area contributed by atoms with Crippen molar-refractivity contribution in [2.24, 2.45) is 0 Å². The smallest absolute Gasteiger partial charge is 0.276 e. The van der Waals surface area contributed by atoms with Crippen LogP contribution in [0.4, 0.5) is 26.3 Å². The number of unbranched alkanes of at least 4 members (excludes halogenated alkanes) is 4. The zero-order chi connectivity index (χ0) is 21.6. The van der Waals surface area contributed by atoms with E-state index in [1.54, 1.807) is 13.8 Å². The number of rotatable bonds is 12. The Morgan fingerprint density at radius 2 is 0.963 bits per heavy atom. The zero-order valence-electron chi connectivity index (χ0n) is 14.7. The van der Waals surface area contributed by atoms with Crippen LogP contribution in [-0.4, -0.2) is 36.4 Å². The summed E-state index contributed by atoms with van der Waals surface area (Å²) < 4.78 is 130. The summed E-state index contributed by atoms with van der Waals surface area (Å²) in [6.45, 7) is 3.36. The van der Waals surface area contributed by atoms with Crippen LogP contribution in [0.25, 0.3) is 0 Å². The zero-order valence-corrected chi connectivity index (χ0v) is 17.3. The molecule has 0 aliphatic rings. The van der Waals surface area contributed by atoms with Crippen molar-refractivity contribution in [2.75, 3.05) is 0 Å². The topological polar surface area (TPSA) is 86.7 Å². The molecule has 0 amide bonds. The van der Waals surface area contributed by atoms with Gasteiger partial charge in [-0.1, -0.05) is 52.4 Å². The van der Waals surface area contributed by atoms with Crippen molar-refractivity contribution < 1.29 is 50.9 Å². The Balaban J connectivity index is 6.07. The number of alkyl halides is 6. The van der Waals surface area contributed by atoms with Gasteiger partial charge < -0.3 is 0 Å². The Kier molecular flexibility index (Phi) is 9.75. The van der Waals surface area contributed by atoms with E-state index < -0.39 is 51.9 Å². The van der Waals surface area contributed by atoms with E-state index in [0.29, 0.717) is 25.7 Å². The maximum absolute atomic E-state index is 12.7. The van der Waals surface area contributed by atoms with Crippen molar-refractivity contribution in [1.29, 1.82) is 0 Å². The Bertz CT molecular complexity index is 601. The highest BCUT2D eigenvalue weighted by Crippen LogP contribution is 2.37. The first-order valence-corrected chi connectivity index (χ1v) is 13.1. The maximum Gasteiger partial charge on any atom is 0.522 e. The van der Waals surface area contributed by atoms with Crippen LogP contribution in [0.3, 0.4) is 0 Å². The van der Waals surface area contributed by atoms with Crippen LogP contribution in [0.2, 0.25) is 12.1 Å². The van der Waals surface area contributed by atoms with Gasteiger partial charge >= 0.3 is 39.8 Å². The minimum Gasteiger partial charge on any atom is -0.276 e. The molecule has 0 unspecified atom stereocenters. The molecule has 164 valence electrons. The molecule has 6 nitrogen and oxygen atoms in total. The van der Waals surface area contributed by atoms with Gasteiger partial charge in [0.15, 0.2) is 0 Å². The third kappa shape index (κ3) is 8.25. The van der Waals surface area contributed by atoms with Crippen molar-refractivity contribution in [1.82, 2.24) is 0 Å². The lowest BCUT2D eigenvalue weighted by Gasteiger charge is -2.30. The largest absolute Gasteiger partial charge is 0.522 e. The second kappa shape index (κ2) is 9.89. The molecule has 0 aliphatic heterocycles. The van der Waals surface area contributed by atoms with Crippen LogP contribution in [0, 0.1) is 0 Å². The second-order valence-corrected chi connectivity index (χ2v) is 12.7. The minimum atomic E-state index is -6.34. The average molecular weight is 469 g/mol. The number of hydrogen-bond acceptors (Lipinski definition) is 6. The van der Waals surface area contributed by atoms with E-state index in [2.05, 4.69) is 7.74 Å². The molecule has 0 saturated carbocycles. The molecule has 0 aromatic heterocycles. The monoisotopic (exact) mass is 468 g/mol. The first-order valence-electron chi connectivity index (χ1n) is 8.07. The van der Waals surface area contributed by atoms with Crippen LogP contribution in [-0.2, 0) is 28.0 Å². The molecule has 0 fully saturated rings. The van der Waals surface area contributed by atoms with Crippen molar-refractivity contribution in [3.05, 3.63) is 0 Å². The van der Waals surface area contributed by atoms with Crippen molar-refractivity contribution in [3.8, 4) is 0 Å². The summed E-state index contributed by atoms with van der Waals surface area (Å²) in [5.41, 5.74) is -11.8. The second-order valence-electron chi connectivity index (χ2n) is 5.79. The van der Waals surface area contributed by atoms with Gasteiger partial charge in [0.05, 0.1) is 0 Å². The molecule has 0 saturated heterocycles. The molecule has 0 heterocycles. The molecule has 0 atom stereocenters. The fourth-order valence-corrected chi connectivity index (χ4v) is 9.57. The normalized spacial score (nSPS) is 14.5. The van der Waals surface area contributed by atoms with Gasteiger partial charge in [-0.15, -0.1) is 0 Å². The lowest BCUT2D eigenvalue weighted by Crippen LogP contribution is -2.50. The molecule has 0 rings (SSSR count). The van der Waals surface area contributed by atoms with Crippen LogP contribution in [0.15, 0.2) is 0 Å². The van der Waals surface area contributed by atoms with Gasteiger partial charge in [-0.05, 0) is 12.1 Å². The quantitative estimate of drug-likeness (QED) is 0.181. The predicted octanol–water partition coefficient (Wildman–Crippen LogP) is 4.54. The van der Waals surface area contributed by atoms with Crippen LogP contribution < -0.4 is 0 Å². The molecular weight excluding hydrogens is 446 g/mol. The molecule has 0 bridgehead atoms. The van der Waals surface area contributed by atoms with Crippen LogP contribution in [0.5, 0.6) is 0 Å². The van der Waals surface area contributed by atoms with Crippen LogP contribution in [0.1, 0.15) is 52.4 Å². The predicted molar refractivity (Wildman–Crippen MR) is 86.5 cm³/mol. The van der Waals surface area contributed by atoms with E-state index in [1.807, 2.05) is 0 Å². The van der Waals surface area contributed by atoms with Gasteiger partial charge in [-0.2, -0.15) is 43.2 Å². The molecule has 0 N–H and O–H groups in total. The van der Waals surface area contributed by atoms with E-state index in [4.69, 9.17) is 0 Å². The molecule has 0 spiro atoms. The highest BCUT2D eigenvalue weighted by Gasteiger charge is 2.59. The van der Waals surface area contributed by atoms with Gasteiger partial charge in [0, 0.05) is 0 Å². The Hall–Kier alpha value is -0.383. The molecular formula is C12H22F6O6S2Si. The molecule has 27 heavy (non-hydrogen) atoms. The Morgan fingerprint density at radius 1 is 0.667 bits per heavy atom. The molecule has 0 radical (unpaired) electrons. The summed E-state index contributed by atoms with van der Waals surface area (Å²) in [4.78, 5) is 0. The molecule has 0 aliphatic carbocycles. The Morgan fingerprint density at radius 3 is 1.19 bits per heavy atom. The third-order valence-corrected chi connectivity index (χ3v) is 11.0. The maximum atomic E-state index is 12.7. The minimum absolute atomic E-state index is 0.0460. The molecule has 15 heteroatoms. The fraction of sp³-hybridized carbons (Fsp3) is 1.00. The summed E-state index contributed by atoms with van der Waals surface area (Å²) in [7, 11) is -17.7. The lowest BCUT2D eigenvalue weighted by molar-refractivity contribution is -0.0533. The fourth-order valence-electron chi connectivity index (χ4n) is 2.09. The first kappa shape index (κ1) is 26.6. The summed E-state index contributed by atoms with van der Waals surface area (Å²) in [5, 5.41) is 0. The van der Waals surface area contributed by atoms with Crippen molar-refractivity contribution in [2.45, 2.75) is 75.5 Å². The summed E-state index contributed by atoms with van der Waals surface area (Å²) in [6, 6.07) is -1.29. The van der Waals surface area contributed by atoms with Crippen molar-refractivity contribution >= 4 is 28.8 Å². The molecule has 0 aromatic carbocycles. The van der Waals surface area contributed by atoms with E-state index in [0.717, 1.165) is 0 Å². The summed E-state index contributed by atoms with van der Waals surface area (Å²) in [6.07, 6.45) is 1.53. The van der Waals surface area contributed by atoms with Gasteiger partial charge in [-0.3, -0.25) is 7.74 Å². The van der Waals surface area contributed by atoms with E-state index in [9.17, 15) is 43.2 Å². The summed E-state index contributed by atoms with van der Waals surface area (Å²) >= 11 is 0. The number of halogens is 6. The van der Waals surface area contributed by atoms with Gasteiger partial charge in [-0.25, -0.2) is 0 Å². The van der Waals surface area contributed by atoms with E-state index in [-0.39, 0.29) is 12.8 Å². The highest BCUT2D eigenvalue weighted by atomic mass is 32.2. The van der Waals surface area contributed by atoms with Gasteiger partial charge in [0.2, 0.25) is 0 Å². The van der Waals surface area contributed by atoms with Gasteiger partial charge in [0.1, 0.15) is 0 Å². The highest BCUT2D eigenvalue weighted by molar-refractivity contribution is 7.90. The summed E-state index contributed by atoms with van der Waals surface area (Å²) in [5.74, 6) is 0. The standard InChI is InChI=1S/C12H22F6O6S2Si/c1-3-5-7-9-27(10-8-6-4-2,23-25(19,20)11(13,14)15)24-26(21,22)12(16,17)18/h3-10H2,1-2H3. The third-order valence-electron chi connectivity index (χ3n) is 3.41. The van der Waals surface area contributed by atoms with E-state index in [1.165, 1.54) is 0 Å². The SMILES string of the molecule is CCCCC[Si](CCCCC)(OS(=O)(=O)C(F)(F)F)OS(=O)(=O)C(F)(F)F. The average Bonchev–Trinajstić information content (AvgIpc) is 2.44. The van der Waals surface area contributed by atoms with Crippen LogP contribution >= 0.6 is 0 Å². The van der Waals surface area contributed by atoms with Gasteiger partial charge in [0.25, 0.3) is 0 Å². The lowest BCUT2D eigenvalue weighted by atomic mass is 10.3.